The Labute approximate surface area is 160 Å². The zero-order valence-electron chi connectivity index (χ0n) is 15.8. The minimum atomic E-state index is -0.0648. The van der Waals surface area contributed by atoms with Crippen molar-refractivity contribution in [3.8, 4) is 0 Å². The molecule has 1 aromatic heterocycles. The lowest BCUT2D eigenvalue weighted by Gasteiger charge is -2.15. The number of benzene rings is 2. The Morgan fingerprint density at radius 2 is 1.96 bits per heavy atom. The minimum Gasteiger partial charge on any atom is -0.348 e. The molecule has 1 saturated heterocycles. The molecule has 0 atom stereocenters. The molecular formula is C22H26N4O. The molecule has 0 saturated carbocycles. The summed E-state index contributed by atoms with van der Waals surface area (Å²) in [6.07, 6.45) is 4.51. The van der Waals surface area contributed by atoms with Crippen molar-refractivity contribution in [3.63, 3.8) is 0 Å². The average Bonchev–Trinajstić information content (AvgIpc) is 3.33. The smallest absolute Gasteiger partial charge is 0.251 e. The standard InChI is InChI=1S/C22H26N4O/c1-17-5-4-6-18(13-17)15-23-22(27)19-7-8-21-20(14-19)24-16-26(21)12-11-25-9-2-3-10-25/h4-8,13-14,16H,2-3,9-12,15H2,1H3,(H,23,27). The van der Waals surface area contributed by atoms with Gasteiger partial charge in [-0.3, -0.25) is 4.79 Å². The van der Waals surface area contributed by atoms with Crippen LogP contribution in [0.3, 0.4) is 0 Å². The van der Waals surface area contributed by atoms with E-state index in [0.29, 0.717) is 12.1 Å². The summed E-state index contributed by atoms with van der Waals surface area (Å²) in [4.78, 5) is 19.5. The largest absolute Gasteiger partial charge is 0.348 e. The third kappa shape index (κ3) is 4.19. The number of carbonyl (C=O) groups excluding carboxylic acids is 1. The van der Waals surface area contributed by atoms with E-state index in [1.807, 2.05) is 36.7 Å². The Hall–Kier alpha value is -2.66. The van der Waals surface area contributed by atoms with E-state index in [2.05, 4.69) is 38.8 Å². The number of hydrogen-bond acceptors (Lipinski definition) is 3. The van der Waals surface area contributed by atoms with Gasteiger partial charge < -0.3 is 14.8 Å². The number of likely N-dealkylation sites (tertiary alicyclic amines) is 1. The molecule has 5 nitrogen and oxygen atoms in total. The molecule has 0 bridgehead atoms. The number of rotatable bonds is 6. The van der Waals surface area contributed by atoms with Crippen LogP contribution in [0.15, 0.2) is 48.8 Å². The number of aromatic nitrogens is 2. The lowest BCUT2D eigenvalue weighted by atomic mass is 10.1. The zero-order valence-corrected chi connectivity index (χ0v) is 15.8. The van der Waals surface area contributed by atoms with E-state index in [9.17, 15) is 4.79 Å². The lowest BCUT2D eigenvalue weighted by Crippen LogP contribution is -2.24. The summed E-state index contributed by atoms with van der Waals surface area (Å²) in [6.45, 7) is 7.00. The minimum absolute atomic E-state index is 0.0648. The number of nitrogens with one attached hydrogen (secondary N) is 1. The highest BCUT2D eigenvalue weighted by molar-refractivity contribution is 5.97. The highest BCUT2D eigenvalue weighted by atomic mass is 16.1. The fourth-order valence-electron chi connectivity index (χ4n) is 3.75. The van der Waals surface area contributed by atoms with Gasteiger partial charge in [0.05, 0.1) is 17.4 Å². The topological polar surface area (TPSA) is 50.2 Å². The fraction of sp³-hybridized carbons (Fsp3) is 0.364. The molecule has 0 spiro atoms. The monoisotopic (exact) mass is 362 g/mol. The van der Waals surface area contributed by atoms with Gasteiger partial charge >= 0.3 is 0 Å². The lowest BCUT2D eigenvalue weighted by molar-refractivity contribution is 0.0951. The van der Waals surface area contributed by atoms with Gasteiger partial charge in [0.15, 0.2) is 0 Å². The van der Waals surface area contributed by atoms with Gasteiger partial charge in [-0.25, -0.2) is 4.98 Å². The van der Waals surface area contributed by atoms with Crippen LogP contribution in [0.25, 0.3) is 11.0 Å². The molecule has 0 radical (unpaired) electrons. The van der Waals surface area contributed by atoms with Gasteiger partial charge in [-0.05, 0) is 56.6 Å². The van der Waals surface area contributed by atoms with E-state index in [1.165, 1.54) is 31.5 Å². The van der Waals surface area contributed by atoms with Gasteiger partial charge in [-0.2, -0.15) is 0 Å². The number of carbonyl (C=O) groups is 1. The van der Waals surface area contributed by atoms with Crippen molar-refractivity contribution < 1.29 is 4.79 Å². The van der Waals surface area contributed by atoms with Crippen LogP contribution in [0.2, 0.25) is 0 Å². The summed E-state index contributed by atoms with van der Waals surface area (Å²) in [5, 5.41) is 3.00. The summed E-state index contributed by atoms with van der Waals surface area (Å²) in [5.41, 5.74) is 4.92. The average molecular weight is 362 g/mol. The molecule has 1 aliphatic rings. The van der Waals surface area contributed by atoms with Gasteiger partial charge in [0.25, 0.3) is 5.91 Å². The molecule has 1 fully saturated rings. The molecule has 1 N–H and O–H groups in total. The Morgan fingerprint density at radius 1 is 1.11 bits per heavy atom. The first-order valence-electron chi connectivity index (χ1n) is 9.70. The molecule has 5 heteroatoms. The Bertz CT molecular complexity index is 940. The van der Waals surface area contributed by atoms with Crippen molar-refractivity contribution in [2.24, 2.45) is 0 Å². The number of amides is 1. The molecule has 2 aromatic carbocycles. The van der Waals surface area contributed by atoms with Crippen LogP contribution >= 0.6 is 0 Å². The molecule has 3 aromatic rings. The second-order valence-electron chi connectivity index (χ2n) is 7.36. The van der Waals surface area contributed by atoms with E-state index in [-0.39, 0.29) is 5.91 Å². The van der Waals surface area contributed by atoms with Crippen molar-refractivity contribution in [1.82, 2.24) is 19.8 Å². The predicted molar refractivity (Wildman–Crippen MR) is 108 cm³/mol. The summed E-state index contributed by atoms with van der Waals surface area (Å²) in [6, 6.07) is 14.0. The molecule has 1 aliphatic heterocycles. The number of aryl methyl sites for hydroxylation is 1. The van der Waals surface area contributed by atoms with Gasteiger partial charge in [0.1, 0.15) is 0 Å². The van der Waals surface area contributed by atoms with Crippen molar-refractivity contribution in [3.05, 3.63) is 65.5 Å². The molecule has 0 aliphatic carbocycles. The number of nitrogens with zero attached hydrogens (tertiary/aromatic N) is 3. The number of imidazole rings is 1. The highest BCUT2D eigenvalue weighted by Gasteiger charge is 2.13. The van der Waals surface area contributed by atoms with Gasteiger partial charge in [0, 0.05) is 25.2 Å². The zero-order chi connectivity index (χ0) is 18.6. The van der Waals surface area contributed by atoms with E-state index >= 15 is 0 Å². The maximum atomic E-state index is 12.5. The number of fused-ring (bicyclic) bond motifs is 1. The van der Waals surface area contributed by atoms with E-state index in [1.54, 1.807) is 0 Å². The first-order valence-corrected chi connectivity index (χ1v) is 9.70. The first kappa shape index (κ1) is 17.7. The van der Waals surface area contributed by atoms with Crippen molar-refractivity contribution in [2.75, 3.05) is 19.6 Å². The first-order chi connectivity index (χ1) is 13.2. The van der Waals surface area contributed by atoms with Gasteiger partial charge in [0.2, 0.25) is 0 Å². The molecule has 140 valence electrons. The highest BCUT2D eigenvalue weighted by Crippen LogP contribution is 2.16. The molecule has 27 heavy (non-hydrogen) atoms. The van der Waals surface area contributed by atoms with Crippen LogP contribution in [-0.2, 0) is 13.1 Å². The van der Waals surface area contributed by atoms with Crippen molar-refractivity contribution in [2.45, 2.75) is 32.9 Å². The Kier molecular flexibility index (Phi) is 5.21. The Balaban J connectivity index is 1.41. The third-order valence-corrected chi connectivity index (χ3v) is 5.27. The van der Waals surface area contributed by atoms with E-state index < -0.39 is 0 Å². The van der Waals surface area contributed by atoms with E-state index in [4.69, 9.17) is 0 Å². The summed E-state index contributed by atoms with van der Waals surface area (Å²) in [7, 11) is 0. The maximum Gasteiger partial charge on any atom is 0.251 e. The summed E-state index contributed by atoms with van der Waals surface area (Å²) >= 11 is 0. The summed E-state index contributed by atoms with van der Waals surface area (Å²) < 4.78 is 2.18. The second kappa shape index (κ2) is 7.92. The van der Waals surface area contributed by atoms with Crippen molar-refractivity contribution in [1.29, 1.82) is 0 Å². The third-order valence-electron chi connectivity index (χ3n) is 5.27. The normalized spacial score (nSPS) is 14.7. The predicted octanol–water partition coefficient (Wildman–Crippen LogP) is 3.37. The molecular weight excluding hydrogens is 336 g/mol. The van der Waals surface area contributed by atoms with E-state index in [0.717, 1.165) is 29.7 Å². The SMILES string of the molecule is Cc1cccc(CNC(=O)c2ccc3c(c2)ncn3CCN2CCCC2)c1. The molecule has 0 unspecified atom stereocenters. The van der Waals surface area contributed by atoms with Crippen LogP contribution in [0.4, 0.5) is 0 Å². The van der Waals surface area contributed by atoms with Gasteiger partial charge in [-0.1, -0.05) is 29.8 Å². The Morgan fingerprint density at radius 3 is 2.78 bits per heavy atom. The second-order valence-corrected chi connectivity index (χ2v) is 7.36. The fourth-order valence-corrected chi connectivity index (χ4v) is 3.75. The molecule has 1 amide bonds. The van der Waals surface area contributed by atoms with Crippen molar-refractivity contribution >= 4 is 16.9 Å². The molecule has 2 heterocycles. The van der Waals surface area contributed by atoms with Crippen LogP contribution in [0.5, 0.6) is 0 Å². The quantitative estimate of drug-likeness (QED) is 0.731. The summed E-state index contributed by atoms with van der Waals surface area (Å²) in [5.74, 6) is -0.0648. The maximum absolute atomic E-state index is 12.5. The molecule has 4 rings (SSSR count). The van der Waals surface area contributed by atoms with Crippen LogP contribution in [0, 0.1) is 6.92 Å². The van der Waals surface area contributed by atoms with Crippen LogP contribution in [0.1, 0.15) is 34.3 Å². The van der Waals surface area contributed by atoms with Gasteiger partial charge in [-0.15, -0.1) is 0 Å². The van der Waals surface area contributed by atoms with Crippen LogP contribution in [-0.4, -0.2) is 40.0 Å². The number of hydrogen-bond donors (Lipinski definition) is 1. The van der Waals surface area contributed by atoms with Crippen LogP contribution < -0.4 is 5.32 Å².